The molecule has 0 bridgehead atoms. The molecule has 0 aliphatic carbocycles. The molecule has 5 rings (SSSR count). The zero-order valence-electron chi connectivity index (χ0n) is 19.9. The molecule has 0 spiro atoms. The van der Waals surface area contributed by atoms with Crippen LogP contribution in [0.2, 0.25) is 0 Å². The van der Waals surface area contributed by atoms with Crippen LogP contribution in [0, 0.1) is 0 Å². The number of nitrogens with zero attached hydrogens (tertiary/aromatic N) is 3. The Morgan fingerprint density at radius 1 is 1.09 bits per heavy atom. The van der Waals surface area contributed by atoms with Crippen LogP contribution in [0.5, 0.6) is 5.75 Å². The average molecular weight is 473 g/mol. The van der Waals surface area contributed by atoms with Gasteiger partial charge in [-0.15, -0.1) is 0 Å². The van der Waals surface area contributed by atoms with Crippen molar-refractivity contribution < 1.29 is 14.3 Å². The van der Waals surface area contributed by atoms with Gasteiger partial charge in [0.15, 0.2) is 17.2 Å². The highest BCUT2D eigenvalue weighted by Crippen LogP contribution is 2.35. The number of methoxy groups -OCH3 is 1. The van der Waals surface area contributed by atoms with Crippen LogP contribution in [0.15, 0.2) is 59.4 Å². The number of Topliss-reactive ketones (excluding diaryl/α,β-unsaturated/α-hetero) is 1. The number of hydrogen-bond acceptors (Lipinski definition) is 5. The van der Waals surface area contributed by atoms with Gasteiger partial charge in [0.05, 0.1) is 24.7 Å². The number of likely N-dealkylation sites (tertiary alicyclic amines) is 1. The normalized spacial score (nSPS) is 16.1. The van der Waals surface area contributed by atoms with Crippen molar-refractivity contribution in [2.24, 2.45) is 12.8 Å². The molecule has 2 aromatic carbocycles. The molecule has 0 saturated carbocycles. The molecule has 1 fully saturated rings. The number of pyridine rings is 1. The number of nitrogens with two attached hydrogens (primary N) is 1. The number of amides is 1. The van der Waals surface area contributed by atoms with Crippen LogP contribution < -0.4 is 16.0 Å². The fourth-order valence-electron chi connectivity index (χ4n) is 5.12. The number of benzene rings is 2. The zero-order chi connectivity index (χ0) is 24.7. The Labute approximate surface area is 202 Å². The van der Waals surface area contributed by atoms with E-state index in [2.05, 4.69) is 0 Å². The number of hydrogen-bond donors (Lipinski definition) is 1. The van der Waals surface area contributed by atoms with Gasteiger partial charge in [0, 0.05) is 37.1 Å². The second-order valence-corrected chi connectivity index (χ2v) is 9.02. The van der Waals surface area contributed by atoms with Crippen molar-refractivity contribution in [2.75, 3.05) is 20.2 Å². The molecule has 1 amide bonds. The molecular weight excluding hydrogens is 444 g/mol. The maximum Gasteiger partial charge on any atom is 0.274 e. The minimum atomic E-state index is -0.371. The summed E-state index contributed by atoms with van der Waals surface area (Å²) in [5.41, 5.74) is 7.82. The van der Waals surface area contributed by atoms with Crippen molar-refractivity contribution in [2.45, 2.75) is 25.4 Å². The predicted octanol–water partition coefficient (Wildman–Crippen LogP) is 2.95. The number of carbonyl (C=O) groups excluding carboxylic acids is 2. The molecule has 1 saturated heterocycles. The molecule has 3 heterocycles. The first kappa shape index (κ1) is 22.9. The van der Waals surface area contributed by atoms with E-state index in [1.54, 1.807) is 40.8 Å². The van der Waals surface area contributed by atoms with E-state index in [4.69, 9.17) is 10.5 Å². The molecule has 1 atom stereocenters. The molecule has 4 aromatic rings. The number of aryl methyl sites for hydroxylation is 1. The van der Waals surface area contributed by atoms with Crippen molar-refractivity contribution in [1.82, 2.24) is 14.0 Å². The van der Waals surface area contributed by atoms with Gasteiger partial charge in [-0.1, -0.05) is 48.5 Å². The van der Waals surface area contributed by atoms with Gasteiger partial charge in [-0.2, -0.15) is 0 Å². The summed E-state index contributed by atoms with van der Waals surface area (Å²) in [5.74, 6) is -0.167. The summed E-state index contributed by atoms with van der Waals surface area (Å²) in [6, 6.07) is 16.2. The Bertz CT molecular complexity index is 1500. The van der Waals surface area contributed by atoms with Crippen molar-refractivity contribution in [3.05, 3.63) is 76.2 Å². The highest BCUT2D eigenvalue weighted by atomic mass is 16.5. The number of para-hydroxylation sites is 1. The minimum absolute atomic E-state index is 0.0737. The monoisotopic (exact) mass is 472 g/mol. The van der Waals surface area contributed by atoms with Gasteiger partial charge in [0.2, 0.25) is 0 Å². The SMILES string of the molecule is COc1c(C(=O)N2CCC[C@H](N)C2)n(C)c2c1c(=O)n(CC(=O)c1ccccc1)c1ccccc21. The van der Waals surface area contributed by atoms with E-state index in [-0.39, 0.29) is 35.6 Å². The summed E-state index contributed by atoms with van der Waals surface area (Å²) < 4.78 is 8.91. The van der Waals surface area contributed by atoms with Crippen molar-refractivity contribution in [3.63, 3.8) is 0 Å². The third kappa shape index (κ3) is 3.80. The van der Waals surface area contributed by atoms with Crippen LogP contribution in [-0.2, 0) is 13.6 Å². The summed E-state index contributed by atoms with van der Waals surface area (Å²) >= 11 is 0. The van der Waals surface area contributed by atoms with Gasteiger partial charge in [-0.25, -0.2) is 0 Å². The Kier molecular flexibility index (Phi) is 5.90. The minimum Gasteiger partial charge on any atom is -0.493 e. The Balaban J connectivity index is 1.73. The molecule has 2 aromatic heterocycles. The third-order valence-corrected chi connectivity index (χ3v) is 6.81. The molecular formula is C27H28N4O4. The molecule has 1 aliphatic heterocycles. The first-order valence-electron chi connectivity index (χ1n) is 11.7. The second kappa shape index (κ2) is 9.03. The molecule has 2 N–H and O–H groups in total. The second-order valence-electron chi connectivity index (χ2n) is 9.02. The molecule has 0 unspecified atom stereocenters. The summed E-state index contributed by atoms with van der Waals surface area (Å²) in [6.45, 7) is 0.940. The van der Waals surface area contributed by atoms with E-state index in [1.165, 1.54) is 11.7 Å². The van der Waals surface area contributed by atoms with E-state index in [1.807, 2.05) is 30.3 Å². The van der Waals surface area contributed by atoms with Crippen LogP contribution in [0.25, 0.3) is 21.8 Å². The molecule has 1 aliphatic rings. The fourth-order valence-corrected chi connectivity index (χ4v) is 5.12. The number of aromatic nitrogens is 2. The van der Waals surface area contributed by atoms with Gasteiger partial charge in [-0.05, 0) is 18.9 Å². The van der Waals surface area contributed by atoms with Crippen molar-refractivity contribution in [1.29, 1.82) is 0 Å². The third-order valence-electron chi connectivity index (χ3n) is 6.81. The summed E-state index contributed by atoms with van der Waals surface area (Å²) in [5, 5.41) is 1.05. The lowest BCUT2D eigenvalue weighted by Gasteiger charge is -2.31. The number of ether oxygens (including phenoxy) is 1. The van der Waals surface area contributed by atoms with E-state index < -0.39 is 0 Å². The summed E-state index contributed by atoms with van der Waals surface area (Å²) in [7, 11) is 3.23. The summed E-state index contributed by atoms with van der Waals surface area (Å²) in [6.07, 6.45) is 1.71. The lowest BCUT2D eigenvalue weighted by Crippen LogP contribution is -2.46. The molecule has 8 nitrogen and oxygen atoms in total. The van der Waals surface area contributed by atoms with Gasteiger partial charge in [0.25, 0.3) is 11.5 Å². The molecule has 8 heteroatoms. The zero-order valence-corrected chi connectivity index (χ0v) is 19.9. The lowest BCUT2D eigenvalue weighted by molar-refractivity contribution is 0.0696. The number of fused-ring (bicyclic) bond motifs is 3. The highest BCUT2D eigenvalue weighted by Gasteiger charge is 2.31. The lowest BCUT2D eigenvalue weighted by atomic mass is 10.1. The Morgan fingerprint density at radius 2 is 1.80 bits per heavy atom. The largest absolute Gasteiger partial charge is 0.493 e. The Hall–Kier alpha value is -3.91. The number of ketones is 1. The first-order valence-corrected chi connectivity index (χ1v) is 11.7. The summed E-state index contributed by atoms with van der Waals surface area (Å²) in [4.78, 5) is 42.3. The van der Waals surface area contributed by atoms with Gasteiger partial charge >= 0.3 is 0 Å². The smallest absolute Gasteiger partial charge is 0.274 e. The molecule has 180 valence electrons. The topological polar surface area (TPSA) is 99.6 Å². The standard InChI is InChI=1S/C27H28N4O4/c1-29-23-19-12-6-7-13-20(19)31(16-21(32)17-9-4-3-5-10-17)26(33)22(23)25(35-2)24(29)27(34)30-14-8-11-18(28)15-30/h3-7,9-10,12-13,18H,8,11,14-16,28H2,1-2H3/t18-/m0/s1. The first-order chi connectivity index (χ1) is 16.9. The molecule has 35 heavy (non-hydrogen) atoms. The highest BCUT2D eigenvalue weighted by molar-refractivity contribution is 6.12. The van der Waals surface area contributed by atoms with Crippen LogP contribution in [0.1, 0.15) is 33.7 Å². The van der Waals surface area contributed by atoms with Gasteiger partial charge in [-0.3, -0.25) is 19.0 Å². The van der Waals surface area contributed by atoms with Crippen molar-refractivity contribution >= 4 is 33.5 Å². The van der Waals surface area contributed by atoms with Crippen LogP contribution in [-0.4, -0.2) is 52.0 Å². The van der Waals surface area contributed by atoms with E-state index in [0.29, 0.717) is 40.8 Å². The predicted molar refractivity (Wildman–Crippen MR) is 135 cm³/mol. The van der Waals surface area contributed by atoms with Gasteiger partial charge < -0.3 is 19.9 Å². The van der Waals surface area contributed by atoms with Crippen LogP contribution in [0.3, 0.4) is 0 Å². The van der Waals surface area contributed by atoms with Gasteiger partial charge in [0.1, 0.15) is 5.39 Å². The number of rotatable bonds is 5. The van der Waals surface area contributed by atoms with E-state index in [9.17, 15) is 14.4 Å². The molecule has 0 radical (unpaired) electrons. The van der Waals surface area contributed by atoms with E-state index >= 15 is 0 Å². The van der Waals surface area contributed by atoms with Crippen LogP contribution in [0.4, 0.5) is 0 Å². The van der Waals surface area contributed by atoms with Crippen molar-refractivity contribution in [3.8, 4) is 5.75 Å². The maximum absolute atomic E-state index is 13.9. The number of carbonyl (C=O) groups is 2. The Morgan fingerprint density at radius 3 is 2.51 bits per heavy atom. The average Bonchev–Trinajstić information content (AvgIpc) is 3.18. The number of piperidine rings is 1. The quantitative estimate of drug-likeness (QED) is 0.450. The van der Waals surface area contributed by atoms with E-state index in [0.717, 1.165) is 18.2 Å². The fraction of sp³-hybridized carbons (Fsp3) is 0.296. The maximum atomic E-state index is 13.9. The van der Waals surface area contributed by atoms with Crippen LogP contribution >= 0.6 is 0 Å².